The van der Waals surface area contributed by atoms with E-state index in [-0.39, 0.29) is 11.9 Å². The van der Waals surface area contributed by atoms with Crippen molar-refractivity contribution in [1.29, 1.82) is 0 Å². The molecule has 1 amide bonds. The number of amides is 1. The summed E-state index contributed by atoms with van der Waals surface area (Å²) in [6, 6.07) is 1.93. The number of anilines is 2. The van der Waals surface area contributed by atoms with Crippen LogP contribution in [0.5, 0.6) is 0 Å². The lowest BCUT2D eigenvalue weighted by molar-refractivity contribution is 0.0963. The van der Waals surface area contributed by atoms with E-state index in [9.17, 15) is 4.79 Å². The van der Waals surface area contributed by atoms with Gasteiger partial charge in [0.2, 0.25) is 0 Å². The molecule has 1 rings (SSSR count). The fraction of sp³-hybridized carbons (Fsp3) is 0.417. The third kappa shape index (κ3) is 4.05. The summed E-state index contributed by atoms with van der Waals surface area (Å²) in [6.07, 6.45) is 1.63. The predicted octanol–water partition coefficient (Wildman–Crippen LogP) is 1.69. The minimum Gasteiger partial charge on any atom is -0.397 e. The highest BCUT2D eigenvalue weighted by atomic mass is 32.1. The van der Waals surface area contributed by atoms with Crippen LogP contribution < -0.4 is 16.4 Å². The minimum absolute atomic E-state index is 0.164. The maximum atomic E-state index is 11.8. The highest BCUT2D eigenvalue weighted by Gasteiger charge is 2.14. The van der Waals surface area contributed by atoms with E-state index in [4.69, 9.17) is 10.5 Å². The number of nitrogens with one attached hydrogen (secondary N) is 2. The monoisotopic (exact) mass is 269 g/mol. The van der Waals surface area contributed by atoms with E-state index < -0.39 is 0 Å². The van der Waals surface area contributed by atoms with Gasteiger partial charge in [0.1, 0.15) is 4.88 Å². The van der Waals surface area contributed by atoms with Crippen molar-refractivity contribution >= 4 is 27.9 Å². The number of carbonyl (C=O) groups is 1. The summed E-state index contributed by atoms with van der Waals surface area (Å²) in [6.45, 7) is 6.56. The number of rotatable bonds is 7. The van der Waals surface area contributed by atoms with Gasteiger partial charge >= 0.3 is 0 Å². The van der Waals surface area contributed by atoms with Crippen molar-refractivity contribution in [1.82, 2.24) is 5.32 Å². The molecule has 1 heterocycles. The van der Waals surface area contributed by atoms with Crippen LogP contribution in [0.25, 0.3) is 0 Å². The van der Waals surface area contributed by atoms with E-state index in [0.29, 0.717) is 23.7 Å². The van der Waals surface area contributed by atoms with Gasteiger partial charge in [-0.3, -0.25) is 4.79 Å². The van der Waals surface area contributed by atoms with E-state index in [1.807, 2.05) is 6.92 Å². The lowest BCUT2D eigenvalue weighted by Crippen LogP contribution is -2.23. The van der Waals surface area contributed by atoms with E-state index in [1.54, 1.807) is 19.3 Å². The molecule has 0 bridgehead atoms. The standard InChI is InChI=1S/C12H19N3O2S/c1-4-5-14-12(16)11-9(13)6-10(18-11)15-8(2)7-17-3/h4,6,8,15H,1,5,7,13H2,2-3H3,(H,14,16). The molecular formula is C12H19N3O2S. The Morgan fingerprint density at radius 1 is 1.72 bits per heavy atom. The highest BCUT2D eigenvalue weighted by molar-refractivity contribution is 7.18. The first kappa shape index (κ1) is 14.5. The minimum atomic E-state index is -0.176. The van der Waals surface area contributed by atoms with Crippen LogP contribution in [0.2, 0.25) is 0 Å². The van der Waals surface area contributed by atoms with Crippen LogP contribution in [-0.4, -0.2) is 32.2 Å². The van der Waals surface area contributed by atoms with Crippen molar-refractivity contribution in [3.05, 3.63) is 23.6 Å². The Hall–Kier alpha value is -1.53. The average Bonchev–Trinajstić information content (AvgIpc) is 2.67. The van der Waals surface area contributed by atoms with Crippen molar-refractivity contribution in [3.8, 4) is 0 Å². The Labute approximate surface area is 111 Å². The maximum absolute atomic E-state index is 11.8. The molecule has 5 nitrogen and oxygen atoms in total. The molecule has 18 heavy (non-hydrogen) atoms. The highest BCUT2D eigenvalue weighted by Crippen LogP contribution is 2.29. The van der Waals surface area contributed by atoms with Gasteiger partial charge in [-0.15, -0.1) is 17.9 Å². The molecule has 0 aromatic carbocycles. The molecule has 0 saturated carbocycles. The zero-order valence-corrected chi connectivity index (χ0v) is 11.5. The second-order valence-corrected chi connectivity index (χ2v) is 4.95. The lowest BCUT2D eigenvalue weighted by Gasteiger charge is -2.11. The third-order valence-electron chi connectivity index (χ3n) is 2.18. The number of carbonyl (C=O) groups excluding carboxylic acids is 1. The number of nitrogens with two attached hydrogens (primary N) is 1. The molecule has 1 atom stereocenters. The molecular weight excluding hydrogens is 250 g/mol. The fourth-order valence-corrected chi connectivity index (χ4v) is 2.44. The van der Waals surface area contributed by atoms with E-state index in [0.717, 1.165) is 5.00 Å². The van der Waals surface area contributed by atoms with Crippen molar-refractivity contribution < 1.29 is 9.53 Å². The molecule has 100 valence electrons. The predicted molar refractivity (Wildman–Crippen MR) is 76.2 cm³/mol. The topological polar surface area (TPSA) is 76.4 Å². The molecule has 1 aromatic heterocycles. The number of nitrogen functional groups attached to an aromatic ring is 1. The van der Waals surface area contributed by atoms with Gasteiger partial charge in [-0.1, -0.05) is 6.08 Å². The smallest absolute Gasteiger partial charge is 0.263 e. The van der Waals surface area contributed by atoms with Gasteiger partial charge in [-0.25, -0.2) is 0 Å². The Balaban J connectivity index is 2.69. The van der Waals surface area contributed by atoms with Crippen LogP contribution >= 0.6 is 11.3 Å². The zero-order chi connectivity index (χ0) is 13.5. The van der Waals surface area contributed by atoms with Crippen molar-refractivity contribution in [2.45, 2.75) is 13.0 Å². The average molecular weight is 269 g/mol. The normalized spacial score (nSPS) is 11.9. The molecule has 6 heteroatoms. The molecule has 0 aliphatic carbocycles. The van der Waals surface area contributed by atoms with Crippen LogP contribution in [0.4, 0.5) is 10.7 Å². The van der Waals surface area contributed by atoms with Gasteiger partial charge in [0.25, 0.3) is 5.91 Å². The first-order chi connectivity index (χ1) is 8.58. The van der Waals surface area contributed by atoms with Crippen molar-refractivity contribution in [2.24, 2.45) is 0 Å². The first-order valence-electron chi connectivity index (χ1n) is 5.62. The third-order valence-corrected chi connectivity index (χ3v) is 3.26. The summed E-state index contributed by atoms with van der Waals surface area (Å²) in [5.74, 6) is -0.176. The molecule has 0 aliphatic heterocycles. The summed E-state index contributed by atoms with van der Waals surface area (Å²) in [7, 11) is 1.65. The van der Waals surface area contributed by atoms with Gasteiger partial charge < -0.3 is 21.1 Å². The van der Waals surface area contributed by atoms with Gasteiger partial charge in [0.15, 0.2) is 0 Å². The quantitative estimate of drug-likeness (QED) is 0.658. The first-order valence-corrected chi connectivity index (χ1v) is 6.44. The molecule has 4 N–H and O–H groups in total. The largest absolute Gasteiger partial charge is 0.397 e. The summed E-state index contributed by atoms with van der Waals surface area (Å²) >= 11 is 1.33. The maximum Gasteiger partial charge on any atom is 0.263 e. The summed E-state index contributed by atoms with van der Waals surface area (Å²) in [5.41, 5.74) is 6.30. The van der Waals surface area contributed by atoms with Gasteiger partial charge in [0, 0.05) is 19.7 Å². The molecule has 1 unspecified atom stereocenters. The van der Waals surface area contributed by atoms with Gasteiger partial charge in [0.05, 0.1) is 17.3 Å². The summed E-state index contributed by atoms with van der Waals surface area (Å²) in [4.78, 5) is 12.3. The molecule has 0 radical (unpaired) electrons. The molecule has 1 aromatic rings. The van der Waals surface area contributed by atoms with Crippen LogP contribution in [0, 0.1) is 0 Å². The van der Waals surface area contributed by atoms with Crippen LogP contribution in [-0.2, 0) is 4.74 Å². The Morgan fingerprint density at radius 3 is 3.06 bits per heavy atom. The Kier molecular flexibility index (Phi) is 5.67. The van der Waals surface area contributed by atoms with Crippen LogP contribution in [0.15, 0.2) is 18.7 Å². The summed E-state index contributed by atoms with van der Waals surface area (Å²) in [5, 5.41) is 6.79. The zero-order valence-electron chi connectivity index (χ0n) is 10.7. The Bertz CT molecular complexity index is 417. The van der Waals surface area contributed by atoms with E-state index >= 15 is 0 Å². The number of methoxy groups -OCH3 is 1. The van der Waals surface area contributed by atoms with E-state index in [2.05, 4.69) is 17.2 Å². The molecule has 0 saturated heterocycles. The number of thiophene rings is 1. The van der Waals surface area contributed by atoms with Crippen LogP contribution in [0.1, 0.15) is 16.6 Å². The second-order valence-electron chi connectivity index (χ2n) is 3.89. The second kappa shape index (κ2) is 7.03. The van der Waals surface area contributed by atoms with Gasteiger partial charge in [-0.2, -0.15) is 0 Å². The number of hydrogen-bond donors (Lipinski definition) is 3. The van der Waals surface area contributed by atoms with Gasteiger partial charge in [-0.05, 0) is 13.0 Å². The molecule has 0 spiro atoms. The van der Waals surface area contributed by atoms with Crippen molar-refractivity contribution in [2.75, 3.05) is 31.3 Å². The number of hydrogen-bond acceptors (Lipinski definition) is 5. The molecule has 0 aliphatic rings. The van der Waals surface area contributed by atoms with Crippen LogP contribution in [0.3, 0.4) is 0 Å². The fourth-order valence-electron chi connectivity index (χ4n) is 1.43. The number of ether oxygens (including phenoxy) is 1. The Morgan fingerprint density at radius 2 is 2.44 bits per heavy atom. The molecule has 0 fully saturated rings. The van der Waals surface area contributed by atoms with Crippen molar-refractivity contribution in [3.63, 3.8) is 0 Å². The summed E-state index contributed by atoms with van der Waals surface area (Å²) < 4.78 is 5.03. The van der Waals surface area contributed by atoms with E-state index in [1.165, 1.54) is 11.3 Å². The SMILES string of the molecule is C=CCNC(=O)c1sc(NC(C)COC)cc1N. The lowest BCUT2D eigenvalue weighted by atomic mass is 10.3.